The van der Waals surface area contributed by atoms with Gasteiger partial charge in [-0.2, -0.15) is 13.9 Å². The molecule has 2 rings (SSSR count). The topological polar surface area (TPSA) is 91.3 Å². The zero-order chi connectivity index (χ0) is 21.6. The average Bonchev–Trinajstić information content (AvgIpc) is 2.66. The Kier molecular flexibility index (Phi) is 7.46. The molecule has 0 atom stereocenters. The van der Waals surface area contributed by atoms with E-state index in [0.717, 1.165) is 11.0 Å². The molecule has 7 nitrogen and oxygen atoms in total. The number of non-ortho nitro benzene ring substituents is 1. The van der Waals surface area contributed by atoms with Crippen molar-refractivity contribution in [3.63, 3.8) is 0 Å². The molecule has 2 aromatic rings. The maximum absolute atomic E-state index is 13.3. The highest BCUT2D eigenvalue weighted by Gasteiger charge is 2.42. The minimum atomic E-state index is -4.24. The van der Waals surface area contributed by atoms with Crippen molar-refractivity contribution < 1.29 is 27.6 Å². The number of nitro benzene ring substituents is 1. The van der Waals surface area contributed by atoms with Gasteiger partial charge in [-0.05, 0) is 30.3 Å². The molecule has 0 heterocycles. The summed E-state index contributed by atoms with van der Waals surface area (Å²) in [6, 6.07) is 9.18. The highest BCUT2D eigenvalue weighted by atomic mass is 35.5. The zero-order valence-corrected chi connectivity index (χ0v) is 15.4. The summed E-state index contributed by atoms with van der Waals surface area (Å²) in [5.74, 6) is -4.24. The van der Waals surface area contributed by atoms with Crippen LogP contribution in [-0.4, -0.2) is 42.1 Å². The van der Waals surface area contributed by atoms with E-state index in [-0.39, 0.29) is 28.6 Å². The minimum Gasteiger partial charge on any atom is -0.395 e. The summed E-state index contributed by atoms with van der Waals surface area (Å²) in [4.78, 5) is 11.0. The van der Waals surface area contributed by atoms with Crippen LogP contribution in [0.25, 0.3) is 0 Å². The third-order valence-electron chi connectivity index (χ3n) is 3.72. The zero-order valence-electron chi connectivity index (χ0n) is 14.7. The molecule has 0 aliphatic rings. The van der Waals surface area contributed by atoms with E-state index in [4.69, 9.17) is 16.7 Å². The van der Waals surface area contributed by atoms with Crippen LogP contribution in [-0.2, 0) is 0 Å². The smallest absolute Gasteiger partial charge is 0.324 e. The number of anilines is 1. The predicted octanol–water partition coefficient (Wildman–Crippen LogP) is 5.36. The summed E-state index contributed by atoms with van der Waals surface area (Å²) < 4.78 is 51.6. The molecular weight excluding hydrogens is 420 g/mol. The number of azo groups is 1. The standard InChI is InChI=1S/C17H15ClF4N4O3/c18-14-9-13(26(28)29)5-6-15(14)24-23-11-1-3-12(4-2-11)25(7-8-27)10-17(21,22)16(19)20/h1-6,9,16,27H,7-8,10H2. The number of rotatable bonds is 9. The number of aliphatic hydroxyl groups excluding tert-OH is 1. The van der Waals surface area contributed by atoms with Gasteiger partial charge in [-0.1, -0.05) is 11.6 Å². The van der Waals surface area contributed by atoms with Gasteiger partial charge in [0.25, 0.3) is 5.69 Å². The van der Waals surface area contributed by atoms with E-state index in [1.165, 1.54) is 36.4 Å². The van der Waals surface area contributed by atoms with Crippen LogP contribution in [0.2, 0.25) is 5.02 Å². The maximum atomic E-state index is 13.3. The summed E-state index contributed by atoms with van der Waals surface area (Å²) in [5.41, 5.74) is 0.460. The van der Waals surface area contributed by atoms with Crippen molar-refractivity contribution >= 4 is 34.4 Å². The van der Waals surface area contributed by atoms with Gasteiger partial charge in [0, 0.05) is 24.4 Å². The minimum absolute atomic E-state index is 0.0166. The lowest BCUT2D eigenvalue weighted by atomic mass is 10.2. The van der Waals surface area contributed by atoms with Crippen LogP contribution in [0.4, 0.5) is 40.3 Å². The highest BCUT2D eigenvalue weighted by molar-refractivity contribution is 6.33. The molecule has 0 spiro atoms. The first-order valence-electron chi connectivity index (χ1n) is 8.11. The normalized spacial score (nSPS) is 12.0. The second-order valence-electron chi connectivity index (χ2n) is 5.82. The largest absolute Gasteiger partial charge is 0.395 e. The van der Waals surface area contributed by atoms with Crippen molar-refractivity contribution in [2.75, 3.05) is 24.6 Å². The molecule has 0 amide bonds. The first kappa shape index (κ1) is 22.5. The van der Waals surface area contributed by atoms with E-state index in [1.807, 2.05) is 0 Å². The molecule has 1 N–H and O–H groups in total. The van der Waals surface area contributed by atoms with Gasteiger partial charge in [0.2, 0.25) is 0 Å². The number of halogens is 5. The summed E-state index contributed by atoms with van der Waals surface area (Å²) >= 11 is 5.91. The summed E-state index contributed by atoms with van der Waals surface area (Å²) in [5, 5.41) is 27.5. The Balaban J connectivity index is 2.16. The Bertz CT molecular complexity index is 881. The van der Waals surface area contributed by atoms with Crippen LogP contribution in [0.5, 0.6) is 0 Å². The van der Waals surface area contributed by atoms with E-state index in [2.05, 4.69) is 10.2 Å². The molecule has 0 unspecified atom stereocenters. The molecule has 0 aliphatic carbocycles. The fourth-order valence-electron chi connectivity index (χ4n) is 2.28. The maximum Gasteiger partial charge on any atom is 0.324 e. The molecule has 0 saturated heterocycles. The Morgan fingerprint density at radius 3 is 2.34 bits per heavy atom. The summed E-state index contributed by atoms with van der Waals surface area (Å²) in [6.45, 7) is -2.02. The lowest BCUT2D eigenvalue weighted by Gasteiger charge is -2.28. The molecule has 2 aromatic carbocycles. The van der Waals surface area contributed by atoms with E-state index < -0.39 is 30.4 Å². The average molecular weight is 435 g/mol. The molecule has 0 aromatic heterocycles. The lowest BCUT2D eigenvalue weighted by molar-refractivity contribution is -0.384. The number of nitrogens with zero attached hydrogens (tertiary/aromatic N) is 4. The molecule has 0 saturated carbocycles. The van der Waals surface area contributed by atoms with Crippen molar-refractivity contribution in [2.45, 2.75) is 12.3 Å². The number of nitro groups is 1. The van der Waals surface area contributed by atoms with Gasteiger partial charge in [0.15, 0.2) is 0 Å². The van der Waals surface area contributed by atoms with Gasteiger partial charge < -0.3 is 10.0 Å². The second-order valence-corrected chi connectivity index (χ2v) is 6.22. The van der Waals surface area contributed by atoms with Gasteiger partial charge in [0.1, 0.15) is 5.69 Å². The highest BCUT2D eigenvalue weighted by Crippen LogP contribution is 2.31. The van der Waals surface area contributed by atoms with Gasteiger partial charge in [-0.15, -0.1) is 5.11 Å². The monoisotopic (exact) mass is 434 g/mol. The first-order chi connectivity index (χ1) is 13.6. The molecule has 29 heavy (non-hydrogen) atoms. The molecule has 0 fully saturated rings. The van der Waals surface area contributed by atoms with Gasteiger partial charge in [-0.25, -0.2) is 8.78 Å². The van der Waals surface area contributed by atoms with E-state index in [1.54, 1.807) is 0 Å². The summed E-state index contributed by atoms with van der Waals surface area (Å²) in [7, 11) is 0. The number of benzene rings is 2. The number of alkyl halides is 4. The molecule has 0 aliphatic heterocycles. The van der Waals surface area contributed by atoms with Crippen molar-refractivity contribution in [1.29, 1.82) is 0 Å². The Labute approximate surface area is 167 Å². The van der Waals surface area contributed by atoms with Crippen molar-refractivity contribution in [1.82, 2.24) is 0 Å². The predicted molar refractivity (Wildman–Crippen MR) is 99.0 cm³/mol. The molecule has 0 bridgehead atoms. The molecule has 12 heteroatoms. The second kappa shape index (κ2) is 9.61. The third kappa shape index (κ3) is 6.09. The van der Waals surface area contributed by atoms with Gasteiger partial charge >= 0.3 is 12.3 Å². The van der Waals surface area contributed by atoms with Crippen LogP contribution >= 0.6 is 11.6 Å². The van der Waals surface area contributed by atoms with Gasteiger partial charge in [-0.3, -0.25) is 10.1 Å². The fraction of sp³-hybridized carbons (Fsp3) is 0.294. The van der Waals surface area contributed by atoms with Crippen LogP contribution < -0.4 is 4.90 Å². The SMILES string of the molecule is O=[N+]([O-])c1ccc(N=Nc2ccc(N(CCO)CC(F)(F)C(F)F)cc2)c(Cl)c1. The Morgan fingerprint density at radius 1 is 1.17 bits per heavy atom. The van der Waals surface area contributed by atoms with Crippen LogP contribution in [0.3, 0.4) is 0 Å². The van der Waals surface area contributed by atoms with Crippen molar-refractivity contribution in [3.05, 3.63) is 57.6 Å². The molecular formula is C17H15ClF4N4O3. The molecule has 0 radical (unpaired) electrons. The van der Waals surface area contributed by atoms with E-state index in [0.29, 0.717) is 5.69 Å². The lowest BCUT2D eigenvalue weighted by Crippen LogP contribution is -2.43. The molecule has 156 valence electrons. The third-order valence-corrected chi connectivity index (χ3v) is 4.02. The first-order valence-corrected chi connectivity index (χ1v) is 8.49. The van der Waals surface area contributed by atoms with Crippen molar-refractivity contribution in [2.24, 2.45) is 10.2 Å². The van der Waals surface area contributed by atoms with E-state index >= 15 is 0 Å². The van der Waals surface area contributed by atoms with Crippen LogP contribution in [0.15, 0.2) is 52.7 Å². The number of hydrogen-bond acceptors (Lipinski definition) is 6. The van der Waals surface area contributed by atoms with Crippen molar-refractivity contribution in [3.8, 4) is 0 Å². The van der Waals surface area contributed by atoms with E-state index in [9.17, 15) is 27.7 Å². The van der Waals surface area contributed by atoms with Gasteiger partial charge in [0.05, 0.1) is 28.8 Å². The Morgan fingerprint density at radius 2 is 1.83 bits per heavy atom. The number of aliphatic hydroxyl groups is 1. The quantitative estimate of drug-likeness (QED) is 0.249. The summed E-state index contributed by atoms with van der Waals surface area (Å²) in [6.07, 6.45) is -3.83. The number of hydrogen-bond donors (Lipinski definition) is 1. The fourth-order valence-corrected chi connectivity index (χ4v) is 2.49. The van der Waals surface area contributed by atoms with Crippen LogP contribution in [0, 0.1) is 10.1 Å². The van der Waals surface area contributed by atoms with Crippen LogP contribution in [0.1, 0.15) is 0 Å². The Hall–Kier alpha value is -2.79.